The number of nitrogens with zero attached hydrogens (tertiary/aromatic N) is 2. The minimum Gasteiger partial charge on any atom is -0.495 e. The monoisotopic (exact) mass is 268 g/mol. The number of hydrogen-bond donors (Lipinski definition) is 0. The van der Waals surface area contributed by atoms with E-state index < -0.39 is 5.82 Å². The van der Waals surface area contributed by atoms with Crippen molar-refractivity contribution in [2.45, 2.75) is 20.8 Å². The summed E-state index contributed by atoms with van der Waals surface area (Å²) in [6, 6.07) is 2.79. The molecule has 0 bridgehead atoms. The molecule has 0 saturated heterocycles. The lowest BCUT2D eigenvalue weighted by molar-refractivity contribution is 0.413. The Morgan fingerprint density at radius 2 is 1.94 bits per heavy atom. The van der Waals surface area contributed by atoms with Gasteiger partial charge in [0.25, 0.3) is 0 Å². The van der Waals surface area contributed by atoms with Crippen molar-refractivity contribution < 1.29 is 9.13 Å². The van der Waals surface area contributed by atoms with Gasteiger partial charge in [-0.2, -0.15) is 5.10 Å². The number of methoxy groups -OCH3 is 1. The lowest BCUT2D eigenvalue weighted by Gasteiger charge is -2.10. The van der Waals surface area contributed by atoms with E-state index in [-0.39, 0.29) is 5.02 Å². The first-order valence-corrected chi connectivity index (χ1v) is 5.89. The van der Waals surface area contributed by atoms with Crippen LogP contribution in [0.15, 0.2) is 12.1 Å². The molecule has 5 heteroatoms. The van der Waals surface area contributed by atoms with Crippen LogP contribution in [0.5, 0.6) is 5.75 Å². The SMILES string of the molecule is COc1cc(-n2nc(C)c(C)c2C)c(F)cc1Cl. The van der Waals surface area contributed by atoms with Gasteiger partial charge in [0.2, 0.25) is 0 Å². The van der Waals surface area contributed by atoms with E-state index in [2.05, 4.69) is 5.10 Å². The maximum Gasteiger partial charge on any atom is 0.150 e. The Hall–Kier alpha value is -1.55. The molecule has 18 heavy (non-hydrogen) atoms. The molecule has 0 unspecified atom stereocenters. The van der Waals surface area contributed by atoms with Gasteiger partial charge in [-0.25, -0.2) is 9.07 Å². The van der Waals surface area contributed by atoms with Crippen LogP contribution in [-0.4, -0.2) is 16.9 Å². The van der Waals surface area contributed by atoms with Gasteiger partial charge in [-0.1, -0.05) is 11.6 Å². The smallest absolute Gasteiger partial charge is 0.150 e. The van der Waals surface area contributed by atoms with Crippen molar-refractivity contribution in [1.82, 2.24) is 9.78 Å². The largest absolute Gasteiger partial charge is 0.495 e. The summed E-state index contributed by atoms with van der Waals surface area (Å²) in [6.45, 7) is 5.75. The third-order valence-corrected chi connectivity index (χ3v) is 3.40. The Morgan fingerprint density at radius 1 is 1.28 bits per heavy atom. The van der Waals surface area contributed by atoms with E-state index in [0.29, 0.717) is 11.4 Å². The zero-order valence-electron chi connectivity index (χ0n) is 10.7. The van der Waals surface area contributed by atoms with Crippen LogP contribution in [0.1, 0.15) is 17.0 Å². The summed E-state index contributed by atoms with van der Waals surface area (Å²) in [5.41, 5.74) is 3.16. The molecule has 0 fully saturated rings. The van der Waals surface area contributed by atoms with Gasteiger partial charge < -0.3 is 4.74 Å². The summed E-state index contributed by atoms with van der Waals surface area (Å²) in [5.74, 6) is 0.00433. The molecule has 96 valence electrons. The van der Waals surface area contributed by atoms with Gasteiger partial charge in [0.15, 0.2) is 5.82 Å². The molecule has 0 aliphatic carbocycles. The maximum atomic E-state index is 14.0. The first kappa shape index (κ1) is 12.9. The Bertz CT molecular complexity index is 608. The third-order valence-electron chi connectivity index (χ3n) is 3.10. The standard InChI is InChI=1S/C13H14ClFN2O/c1-7-8(2)16-17(9(7)3)12-6-13(18-4)10(14)5-11(12)15/h5-6H,1-4H3. The highest BCUT2D eigenvalue weighted by atomic mass is 35.5. The molecule has 3 nitrogen and oxygen atoms in total. The Kier molecular flexibility index (Phi) is 3.30. The molecule has 0 N–H and O–H groups in total. The summed E-state index contributed by atoms with van der Waals surface area (Å²) in [6.07, 6.45) is 0. The topological polar surface area (TPSA) is 27.1 Å². The van der Waals surface area contributed by atoms with Crippen molar-refractivity contribution in [3.05, 3.63) is 39.9 Å². The normalized spacial score (nSPS) is 10.8. The van der Waals surface area contributed by atoms with Gasteiger partial charge in [0, 0.05) is 11.8 Å². The van der Waals surface area contributed by atoms with E-state index in [0.717, 1.165) is 17.0 Å². The van der Waals surface area contributed by atoms with E-state index in [1.54, 1.807) is 10.7 Å². The molecule has 2 rings (SSSR count). The first-order valence-electron chi connectivity index (χ1n) is 5.52. The van der Waals surface area contributed by atoms with E-state index in [1.807, 2.05) is 20.8 Å². The second-order valence-corrected chi connectivity index (χ2v) is 4.55. The fourth-order valence-corrected chi connectivity index (χ4v) is 2.02. The number of benzene rings is 1. The predicted molar refractivity (Wildman–Crippen MR) is 69.3 cm³/mol. The van der Waals surface area contributed by atoms with Crippen molar-refractivity contribution in [2.75, 3.05) is 7.11 Å². The molecular weight excluding hydrogens is 255 g/mol. The Labute approximate surface area is 110 Å². The van der Waals surface area contributed by atoms with E-state index in [1.165, 1.54) is 13.2 Å². The fourth-order valence-electron chi connectivity index (χ4n) is 1.79. The predicted octanol–water partition coefficient (Wildman–Crippen LogP) is 3.60. The highest BCUT2D eigenvalue weighted by molar-refractivity contribution is 6.32. The number of halogens is 2. The molecule has 0 aliphatic rings. The first-order chi connectivity index (χ1) is 8.45. The summed E-state index contributed by atoms with van der Waals surface area (Å²) < 4.78 is 20.6. The summed E-state index contributed by atoms with van der Waals surface area (Å²) in [7, 11) is 1.50. The van der Waals surface area contributed by atoms with Crippen molar-refractivity contribution in [2.24, 2.45) is 0 Å². The van der Waals surface area contributed by atoms with Crippen LogP contribution in [0.25, 0.3) is 5.69 Å². The Balaban J connectivity index is 2.67. The van der Waals surface area contributed by atoms with Gasteiger partial charge >= 0.3 is 0 Å². The highest BCUT2D eigenvalue weighted by Gasteiger charge is 2.15. The fraction of sp³-hybridized carbons (Fsp3) is 0.308. The summed E-state index contributed by atoms with van der Waals surface area (Å²) >= 11 is 5.87. The molecule has 0 radical (unpaired) electrons. The third kappa shape index (κ3) is 1.97. The van der Waals surface area contributed by atoms with Crippen molar-refractivity contribution in [3.63, 3.8) is 0 Å². The lowest BCUT2D eigenvalue weighted by Crippen LogP contribution is -2.03. The van der Waals surface area contributed by atoms with Crippen molar-refractivity contribution >= 4 is 11.6 Å². The van der Waals surface area contributed by atoms with Crippen LogP contribution in [0.4, 0.5) is 4.39 Å². The van der Waals surface area contributed by atoms with Crippen LogP contribution in [-0.2, 0) is 0 Å². The van der Waals surface area contributed by atoms with Gasteiger partial charge in [0.05, 0.1) is 17.8 Å². The Morgan fingerprint density at radius 3 is 2.44 bits per heavy atom. The zero-order chi connectivity index (χ0) is 13.4. The van der Waals surface area contributed by atoms with Gasteiger partial charge in [0.1, 0.15) is 11.4 Å². The van der Waals surface area contributed by atoms with E-state index in [9.17, 15) is 4.39 Å². The number of aromatic nitrogens is 2. The molecule has 1 aromatic heterocycles. The maximum absolute atomic E-state index is 14.0. The molecular formula is C13H14ClFN2O. The van der Waals surface area contributed by atoms with E-state index >= 15 is 0 Å². The van der Waals surface area contributed by atoms with E-state index in [4.69, 9.17) is 16.3 Å². The van der Waals surface area contributed by atoms with Crippen LogP contribution >= 0.6 is 11.6 Å². The number of ether oxygens (including phenoxy) is 1. The minimum absolute atomic E-state index is 0.247. The van der Waals surface area contributed by atoms with Gasteiger partial charge in [-0.05, 0) is 32.4 Å². The molecule has 0 aliphatic heterocycles. The molecule has 0 saturated carbocycles. The number of rotatable bonds is 2. The second-order valence-electron chi connectivity index (χ2n) is 4.15. The molecule has 0 spiro atoms. The average Bonchev–Trinajstić information content (AvgIpc) is 2.57. The molecule has 0 amide bonds. The van der Waals surface area contributed by atoms with Crippen LogP contribution in [0.2, 0.25) is 5.02 Å². The highest BCUT2D eigenvalue weighted by Crippen LogP contribution is 2.30. The lowest BCUT2D eigenvalue weighted by atomic mass is 10.2. The van der Waals surface area contributed by atoms with Gasteiger partial charge in [-0.15, -0.1) is 0 Å². The minimum atomic E-state index is -0.425. The second kappa shape index (κ2) is 4.61. The molecule has 1 aromatic carbocycles. The van der Waals surface area contributed by atoms with Crippen LogP contribution in [0, 0.1) is 26.6 Å². The van der Waals surface area contributed by atoms with Crippen molar-refractivity contribution in [3.8, 4) is 11.4 Å². The summed E-state index contributed by atoms with van der Waals surface area (Å²) in [5, 5.41) is 4.57. The number of aryl methyl sites for hydroxylation is 1. The van der Waals surface area contributed by atoms with Crippen LogP contribution < -0.4 is 4.74 Å². The average molecular weight is 269 g/mol. The van der Waals surface area contributed by atoms with Crippen LogP contribution in [0.3, 0.4) is 0 Å². The molecule has 1 heterocycles. The van der Waals surface area contributed by atoms with Gasteiger partial charge in [-0.3, -0.25) is 0 Å². The summed E-state index contributed by atoms with van der Waals surface area (Å²) in [4.78, 5) is 0. The molecule has 0 atom stereocenters. The van der Waals surface area contributed by atoms with Crippen molar-refractivity contribution in [1.29, 1.82) is 0 Å². The number of hydrogen-bond acceptors (Lipinski definition) is 2. The quantitative estimate of drug-likeness (QED) is 0.832. The molecule has 2 aromatic rings. The zero-order valence-corrected chi connectivity index (χ0v) is 11.5.